The molecule has 4 rings (SSSR count). The lowest BCUT2D eigenvalue weighted by Gasteiger charge is -2.40. The topological polar surface area (TPSA) is 118 Å². The van der Waals surface area contributed by atoms with Crippen molar-refractivity contribution in [1.82, 2.24) is 15.5 Å². The van der Waals surface area contributed by atoms with Gasteiger partial charge in [-0.3, -0.25) is 9.79 Å². The van der Waals surface area contributed by atoms with Crippen LogP contribution < -0.4 is 22.1 Å². The molecule has 1 saturated carbocycles. The molecule has 200 valence electrons. The summed E-state index contributed by atoms with van der Waals surface area (Å²) in [6.07, 6.45) is 13.4. The second kappa shape index (κ2) is 12.7. The Morgan fingerprint density at radius 2 is 1.97 bits per heavy atom. The van der Waals surface area contributed by atoms with E-state index in [-0.39, 0.29) is 41.0 Å². The van der Waals surface area contributed by atoms with E-state index < -0.39 is 12.1 Å². The molecule has 2 saturated heterocycles. The lowest BCUT2D eigenvalue weighted by atomic mass is 9.69. The second-order valence-electron chi connectivity index (χ2n) is 11.6. The van der Waals surface area contributed by atoms with Gasteiger partial charge in [-0.1, -0.05) is 25.7 Å². The van der Waals surface area contributed by atoms with E-state index in [1.165, 1.54) is 38.5 Å². The van der Waals surface area contributed by atoms with Crippen molar-refractivity contribution in [1.29, 1.82) is 0 Å². The first-order chi connectivity index (χ1) is 16.8. The number of nitrogens with one attached hydrogen (secondary N) is 2. The Hall–Kier alpha value is -0.770. The first-order valence-corrected chi connectivity index (χ1v) is 14.3. The van der Waals surface area contributed by atoms with E-state index in [1.807, 2.05) is 6.21 Å². The molecule has 3 aliphatic heterocycles. The molecule has 6 atom stereocenters. The quantitative estimate of drug-likeness (QED) is 0.320. The van der Waals surface area contributed by atoms with E-state index in [0.29, 0.717) is 6.54 Å². The number of nitrogens with zero attached hydrogens (tertiary/aromatic N) is 2. The summed E-state index contributed by atoms with van der Waals surface area (Å²) in [6.45, 7) is 3.58. The largest absolute Gasteiger partial charge is 0.371 e. The van der Waals surface area contributed by atoms with Gasteiger partial charge in [-0.2, -0.15) is 0 Å². The van der Waals surface area contributed by atoms with Gasteiger partial charge < -0.3 is 31.7 Å². The predicted molar refractivity (Wildman–Crippen MR) is 142 cm³/mol. The van der Waals surface area contributed by atoms with Crippen molar-refractivity contribution in [2.75, 3.05) is 33.2 Å². The van der Waals surface area contributed by atoms with Crippen molar-refractivity contribution in [2.45, 2.75) is 106 Å². The fraction of sp³-hybridized carbons (Fsp3) is 0.923. The zero-order valence-electron chi connectivity index (χ0n) is 21.5. The molecule has 0 bridgehead atoms. The number of ether oxygens (including phenoxy) is 1. The monoisotopic (exact) mass is 510 g/mol. The molecule has 5 unspecified atom stereocenters. The number of carbonyl (C=O) groups is 1. The van der Waals surface area contributed by atoms with Gasteiger partial charge in [0.2, 0.25) is 5.91 Å². The molecule has 3 heterocycles. The number of halogens is 1. The van der Waals surface area contributed by atoms with E-state index in [2.05, 4.69) is 22.6 Å². The van der Waals surface area contributed by atoms with E-state index >= 15 is 0 Å². The van der Waals surface area contributed by atoms with Crippen molar-refractivity contribution in [2.24, 2.45) is 27.8 Å². The minimum absolute atomic E-state index is 0.00685. The number of hydrogen-bond donors (Lipinski definition) is 4. The molecule has 1 spiro atoms. The lowest BCUT2D eigenvalue weighted by molar-refractivity contribution is -0.129. The maximum atomic E-state index is 13.7. The van der Waals surface area contributed by atoms with Crippen LogP contribution in [0.1, 0.15) is 70.6 Å². The van der Waals surface area contributed by atoms with Crippen LogP contribution in [0.25, 0.3) is 0 Å². The molecular weight excluding hydrogens is 464 g/mol. The highest BCUT2D eigenvalue weighted by atomic mass is 35.5. The number of rotatable bonds is 6. The van der Waals surface area contributed by atoms with Crippen molar-refractivity contribution in [3.63, 3.8) is 0 Å². The molecule has 6 N–H and O–H groups in total. The molecule has 0 aromatic heterocycles. The van der Waals surface area contributed by atoms with Crippen LogP contribution in [0.15, 0.2) is 4.99 Å². The highest BCUT2D eigenvalue weighted by Gasteiger charge is 2.42. The molecule has 35 heavy (non-hydrogen) atoms. The lowest BCUT2D eigenvalue weighted by Crippen LogP contribution is -2.60. The minimum Gasteiger partial charge on any atom is -0.371 e. The van der Waals surface area contributed by atoms with Crippen LogP contribution in [-0.2, 0) is 9.53 Å². The number of hydrogen-bond acceptors (Lipinski definition) is 7. The first-order valence-electron chi connectivity index (χ1n) is 13.9. The maximum absolute atomic E-state index is 13.7. The number of piperidine rings is 1. The highest BCUT2D eigenvalue weighted by molar-refractivity contribution is 6.28. The zero-order chi connectivity index (χ0) is 24.8. The van der Waals surface area contributed by atoms with Crippen LogP contribution >= 0.6 is 11.6 Å². The van der Waals surface area contributed by atoms with Gasteiger partial charge in [0.05, 0.1) is 41.8 Å². The van der Waals surface area contributed by atoms with Gasteiger partial charge in [0, 0.05) is 25.8 Å². The second-order valence-corrected chi connectivity index (χ2v) is 12.2. The zero-order valence-corrected chi connectivity index (χ0v) is 22.2. The summed E-state index contributed by atoms with van der Waals surface area (Å²) in [4.78, 5) is 20.9. The van der Waals surface area contributed by atoms with E-state index in [9.17, 15) is 4.79 Å². The van der Waals surface area contributed by atoms with E-state index in [1.54, 1.807) is 0 Å². The van der Waals surface area contributed by atoms with Gasteiger partial charge in [-0.25, -0.2) is 0 Å². The standard InChI is InChI=1S/C26H47ClN6O2/c1-33-13-8-19(17-33)35-22-7-12-30-16-21(22)32-25(34)23(24(28)29)20-14-26(9-4-2-3-5-10-26)11-6-18(27)15-31-20/h15,18-24,30H,2-14,16-17,28-29H2,1H3,(H,32,34)/b31-15-/t18?,19-,20?,21?,22?,23?/m0/s1. The fourth-order valence-electron chi connectivity index (χ4n) is 6.75. The number of nitrogens with two attached hydrogens (primary N) is 2. The molecule has 4 aliphatic rings. The number of amides is 1. The average molecular weight is 511 g/mol. The predicted octanol–water partition coefficient (Wildman–Crippen LogP) is 1.98. The molecule has 0 radical (unpaired) electrons. The van der Waals surface area contributed by atoms with Gasteiger partial charge in [0.1, 0.15) is 0 Å². The molecule has 8 nitrogen and oxygen atoms in total. The summed E-state index contributed by atoms with van der Waals surface area (Å²) in [7, 11) is 2.13. The van der Waals surface area contributed by atoms with Gasteiger partial charge in [0.25, 0.3) is 0 Å². The van der Waals surface area contributed by atoms with Crippen LogP contribution in [0, 0.1) is 11.3 Å². The summed E-state index contributed by atoms with van der Waals surface area (Å²) >= 11 is 6.59. The van der Waals surface area contributed by atoms with E-state index in [4.69, 9.17) is 32.8 Å². The number of likely N-dealkylation sites (tertiary alicyclic amines) is 1. The number of carbonyl (C=O) groups excluding carboxylic acids is 1. The van der Waals surface area contributed by atoms with Crippen molar-refractivity contribution >= 4 is 23.7 Å². The van der Waals surface area contributed by atoms with Gasteiger partial charge in [-0.15, -0.1) is 11.6 Å². The fourth-order valence-corrected chi connectivity index (χ4v) is 6.93. The Morgan fingerprint density at radius 1 is 1.20 bits per heavy atom. The Balaban J connectivity index is 1.47. The molecule has 3 fully saturated rings. The third-order valence-electron chi connectivity index (χ3n) is 8.79. The summed E-state index contributed by atoms with van der Waals surface area (Å²) in [6, 6.07) is -0.359. The van der Waals surface area contributed by atoms with Crippen LogP contribution in [0.4, 0.5) is 0 Å². The average Bonchev–Trinajstić information content (AvgIpc) is 3.08. The Morgan fingerprint density at radius 3 is 2.66 bits per heavy atom. The number of likely N-dealkylation sites (N-methyl/N-ethyl adjacent to an activating group) is 1. The first kappa shape index (κ1) is 27.3. The number of alkyl halides is 1. The molecule has 1 aliphatic carbocycles. The SMILES string of the molecule is CN1CC[C@H](OC2CCNCC2NC(=O)C(C(N)N)C2CC3(CCCCCC3)CCC(Cl)/C=N\2)C1. The summed E-state index contributed by atoms with van der Waals surface area (Å²) < 4.78 is 6.47. The van der Waals surface area contributed by atoms with Gasteiger partial charge >= 0.3 is 0 Å². The normalized spacial score (nSPS) is 36.3. The van der Waals surface area contributed by atoms with Crippen LogP contribution in [0.3, 0.4) is 0 Å². The minimum atomic E-state index is -0.785. The molecule has 1 amide bonds. The Bertz CT molecular complexity index is 714. The maximum Gasteiger partial charge on any atom is 0.228 e. The van der Waals surface area contributed by atoms with Crippen molar-refractivity contribution in [3.05, 3.63) is 0 Å². The number of aliphatic imine (C=N–C) groups is 1. The van der Waals surface area contributed by atoms with Crippen molar-refractivity contribution < 1.29 is 9.53 Å². The van der Waals surface area contributed by atoms with Gasteiger partial charge in [0.15, 0.2) is 0 Å². The summed E-state index contributed by atoms with van der Waals surface area (Å²) in [5.74, 6) is -0.697. The molecule has 9 heteroatoms. The van der Waals surface area contributed by atoms with Gasteiger partial charge in [-0.05, 0) is 64.0 Å². The smallest absolute Gasteiger partial charge is 0.228 e. The highest BCUT2D eigenvalue weighted by Crippen LogP contribution is 2.45. The summed E-state index contributed by atoms with van der Waals surface area (Å²) in [5, 5.41) is 6.58. The van der Waals surface area contributed by atoms with Crippen LogP contribution in [0.2, 0.25) is 0 Å². The van der Waals surface area contributed by atoms with Crippen molar-refractivity contribution in [3.8, 4) is 0 Å². The third kappa shape index (κ3) is 7.39. The Kier molecular flexibility index (Phi) is 9.86. The molecular formula is C26H47ClN6O2. The Labute approximate surface area is 216 Å². The van der Waals surface area contributed by atoms with E-state index in [0.717, 1.165) is 51.7 Å². The molecule has 0 aromatic rings. The molecule has 0 aromatic carbocycles. The van der Waals surface area contributed by atoms with Crippen LogP contribution in [-0.4, -0.2) is 86.1 Å². The third-order valence-corrected chi connectivity index (χ3v) is 9.12. The summed E-state index contributed by atoms with van der Waals surface area (Å²) in [5.41, 5.74) is 12.7. The van der Waals surface area contributed by atoms with Crippen LogP contribution in [0.5, 0.6) is 0 Å².